The normalized spacial score (nSPS) is 18.5. The Labute approximate surface area is 101 Å². The van der Waals surface area contributed by atoms with Crippen molar-refractivity contribution in [2.24, 2.45) is 5.92 Å². The van der Waals surface area contributed by atoms with E-state index in [0.717, 1.165) is 43.9 Å². The van der Waals surface area contributed by atoms with E-state index >= 15 is 0 Å². The molecule has 1 fully saturated rings. The number of H-pyrrole nitrogens is 1. The summed E-state index contributed by atoms with van der Waals surface area (Å²) >= 11 is 0. The number of aryl methyl sites for hydroxylation is 2. The van der Waals surface area contributed by atoms with Gasteiger partial charge in [0.15, 0.2) is 0 Å². The first-order valence-corrected chi connectivity index (χ1v) is 6.03. The molecule has 1 aliphatic heterocycles. The second-order valence-corrected chi connectivity index (χ2v) is 4.80. The van der Waals surface area contributed by atoms with Gasteiger partial charge in [0.1, 0.15) is 0 Å². The molecule has 1 aliphatic rings. The van der Waals surface area contributed by atoms with E-state index in [1.165, 1.54) is 5.56 Å². The van der Waals surface area contributed by atoms with Gasteiger partial charge in [-0.25, -0.2) is 0 Å². The number of carboxylic acids is 1. The Hall–Kier alpha value is -1.36. The molecule has 0 saturated carbocycles. The minimum atomic E-state index is -0.652. The highest BCUT2D eigenvalue weighted by molar-refractivity contribution is 5.70. The summed E-state index contributed by atoms with van der Waals surface area (Å²) in [6, 6.07) is 0. The van der Waals surface area contributed by atoms with E-state index in [4.69, 9.17) is 5.11 Å². The lowest BCUT2D eigenvalue weighted by atomic mass is 9.96. The van der Waals surface area contributed by atoms with Crippen LogP contribution < -0.4 is 0 Å². The molecule has 0 spiro atoms. The van der Waals surface area contributed by atoms with Crippen LogP contribution in [0.2, 0.25) is 0 Å². The van der Waals surface area contributed by atoms with Gasteiger partial charge in [0.05, 0.1) is 11.6 Å². The smallest absolute Gasteiger partial charge is 0.306 e. The quantitative estimate of drug-likeness (QED) is 0.832. The number of nitrogens with one attached hydrogen (secondary N) is 1. The first-order valence-electron chi connectivity index (χ1n) is 6.03. The standard InChI is InChI=1S/C12H19N3O2/c1-8-11(9(2)14-13-8)7-15-5-3-10(4-6-15)12(16)17/h10H,3-7H2,1-2H3,(H,13,14)(H,16,17). The van der Waals surface area contributed by atoms with Crippen molar-refractivity contribution >= 4 is 5.97 Å². The van der Waals surface area contributed by atoms with E-state index in [2.05, 4.69) is 15.1 Å². The Kier molecular flexibility index (Phi) is 3.47. The maximum absolute atomic E-state index is 10.9. The number of carbonyl (C=O) groups is 1. The van der Waals surface area contributed by atoms with Gasteiger partial charge < -0.3 is 5.11 Å². The minimum Gasteiger partial charge on any atom is -0.481 e. The number of hydrogen-bond acceptors (Lipinski definition) is 3. The lowest BCUT2D eigenvalue weighted by molar-refractivity contribution is -0.143. The van der Waals surface area contributed by atoms with Crippen molar-refractivity contribution in [1.29, 1.82) is 0 Å². The topological polar surface area (TPSA) is 69.2 Å². The molecule has 2 N–H and O–H groups in total. The average Bonchev–Trinajstić information content (AvgIpc) is 2.61. The zero-order chi connectivity index (χ0) is 12.4. The molecule has 0 aromatic carbocycles. The van der Waals surface area contributed by atoms with Crippen molar-refractivity contribution in [2.45, 2.75) is 33.2 Å². The average molecular weight is 237 g/mol. The summed E-state index contributed by atoms with van der Waals surface area (Å²) in [7, 11) is 0. The van der Waals surface area contributed by atoms with Crippen molar-refractivity contribution in [3.63, 3.8) is 0 Å². The Balaban J connectivity index is 1.92. The fourth-order valence-electron chi connectivity index (χ4n) is 2.37. The van der Waals surface area contributed by atoms with Crippen LogP contribution in [0.3, 0.4) is 0 Å². The third-order valence-corrected chi connectivity index (χ3v) is 3.60. The van der Waals surface area contributed by atoms with Crippen LogP contribution in [0.4, 0.5) is 0 Å². The third-order valence-electron chi connectivity index (χ3n) is 3.60. The SMILES string of the molecule is Cc1n[nH]c(C)c1CN1CCC(C(=O)O)CC1. The summed E-state index contributed by atoms with van der Waals surface area (Å²) in [5.74, 6) is -0.807. The highest BCUT2D eigenvalue weighted by Gasteiger charge is 2.25. The molecule has 94 valence electrons. The zero-order valence-electron chi connectivity index (χ0n) is 10.4. The maximum atomic E-state index is 10.9. The number of nitrogens with zero attached hydrogens (tertiary/aromatic N) is 2. The highest BCUT2D eigenvalue weighted by atomic mass is 16.4. The van der Waals surface area contributed by atoms with E-state index in [1.807, 2.05) is 13.8 Å². The summed E-state index contributed by atoms with van der Waals surface area (Å²) in [4.78, 5) is 13.2. The van der Waals surface area contributed by atoms with Crippen LogP contribution in [0.15, 0.2) is 0 Å². The summed E-state index contributed by atoms with van der Waals surface area (Å²) in [5, 5.41) is 16.1. The Morgan fingerprint density at radius 1 is 1.47 bits per heavy atom. The van der Waals surface area contributed by atoms with Crippen LogP contribution in [0.1, 0.15) is 29.8 Å². The second kappa shape index (κ2) is 4.87. The van der Waals surface area contributed by atoms with E-state index in [0.29, 0.717) is 0 Å². The molecule has 0 aliphatic carbocycles. The van der Waals surface area contributed by atoms with Gasteiger partial charge in [0, 0.05) is 17.8 Å². The number of aromatic amines is 1. The number of likely N-dealkylation sites (tertiary alicyclic amines) is 1. The van der Waals surface area contributed by atoms with Crippen LogP contribution in [0, 0.1) is 19.8 Å². The largest absolute Gasteiger partial charge is 0.481 e. The van der Waals surface area contributed by atoms with Gasteiger partial charge in [-0.1, -0.05) is 0 Å². The van der Waals surface area contributed by atoms with Gasteiger partial charge in [-0.3, -0.25) is 14.8 Å². The monoisotopic (exact) mass is 237 g/mol. The molecule has 1 aromatic heterocycles. The summed E-state index contributed by atoms with van der Waals surface area (Å²) in [6.45, 7) is 6.63. The number of aliphatic carboxylic acids is 1. The predicted molar refractivity (Wildman–Crippen MR) is 63.7 cm³/mol. The minimum absolute atomic E-state index is 0.155. The molecule has 1 aromatic rings. The molecule has 0 unspecified atom stereocenters. The fourth-order valence-corrected chi connectivity index (χ4v) is 2.37. The summed E-state index contributed by atoms with van der Waals surface area (Å²) < 4.78 is 0. The molecule has 5 heteroatoms. The molecule has 2 rings (SSSR count). The van der Waals surface area contributed by atoms with Crippen molar-refractivity contribution in [2.75, 3.05) is 13.1 Å². The van der Waals surface area contributed by atoms with Crippen LogP contribution >= 0.6 is 0 Å². The molecule has 1 saturated heterocycles. The van der Waals surface area contributed by atoms with Gasteiger partial charge in [-0.05, 0) is 39.8 Å². The first kappa shape index (κ1) is 12.1. The molecule has 0 bridgehead atoms. The fraction of sp³-hybridized carbons (Fsp3) is 0.667. The third kappa shape index (κ3) is 2.66. The number of rotatable bonds is 3. The van der Waals surface area contributed by atoms with E-state index in [9.17, 15) is 4.79 Å². The first-order chi connectivity index (χ1) is 8.08. The van der Waals surface area contributed by atoms with E-state index in [-0.39, 0.29) is 5.92 Å². The molecule has 5 nitrogen and oxygen atoms in total. The number of hydrogen-bond donors (Lipinski definition) is 2. The lowest BCUT2D eigenvalue weighted by Crippen LogP contribution is -2.36. The molecule has 0 radical (unpaired) electrons. The van der Waals surface area contributed by atoms with E-state index in [1.54, 1.807) is 0 Å². The number of piperidine rings is 1. The van der Waals surface area contributed by atoms with Gasteiger partial charge in [0.25, 0.3) is 0 Å². The maximum Gasteiger partial charge on any atom is 0.306 e. The van der Waals surface area contributed by atoms with Gasteiger partial charge in [0.2, 0.25) is 0 Å². The lowest BCUT2D eigenvalue weighted by Gasteiger charge is -2.30. The Morgan fingerprint density at radius 2 is 2.12 bits per heavy atom. The van der Waals surface area contributed by atoms with Gasteiger partial charge in [-0.2, -0.15) is 5.10 Å². The highest BCUT2D eigenvalue weighted by Crippen LogP contribution is 2.20. The van der Waals surface area contributed by atoms with Crippen LogP contribution in [0.5, 0.6) is 0 Å². The van der Waals surface area contributed by atoms with Gasteiger partial charge >= 0.3 is 5.97 Å². The van der Waals surface area contributed by atoms with Crippen LogP contribution in [-0.2, 0) is 11.3 Å². The molecule has 2 heterocycles. The predicted octanol–water partition coefficient (Wildman–Crippen LogP) is 1.32. The molecule has 17 heavy (non-hydrogen) atoms. The van der Waals surface area contributed by atoms with Crippen molar-refractivity contribution in [3.05, 3.63) is 17.0 Å². The van der Waals surface area contributed by atoms with Crippen LogP contribution in [0.25, 0.3) is 0 Å². The molecular weight excluding hydrogens is 218 g/mol. The molecular formula is C12H19N3O2. The van der Waals surface area contributed by atoms with Crippen molar-refractivity contribution in [3.8, 4) is 0 Å². The Morgan fingerprint density at radius 3 is 2.59 bits per heavy atom. The zero-order valence-corrected chi connectivity index (χ0v) is 10.4. The van der Waals surface area contributed by atoms with Crippen molar-refractivity contribution in [1.82, 2.24) is 15.1 Å². The van der Waals surface area contributed by atoms with Gasteiger partial charge in [-0.15, -0.1) is 0 Å². The molecule has 0 atom stereocenters. The number of carboxylic acid groups (broad SMARTS) is 1. The summed E-state index contributed by atoms with van der Waals surface area (Å²) in [5.41, 5.74) is 3.41. The van der Waals surface area contributed by atoms with E-state index < -0.39 is 5.97 Å². The Bertz CT molecular complexity index is 386. The summed E-state index contributed by atoms with van der Waals surface area (Å²) in [6.07, 6.45) is 1.51. The van der Waals surface area contributed by atoms with Crippen LogP contribution in [-0.4, -0.2) is 39.3 Å². The van der Waals surface area contributed by atoms with Crippen molar-refractivity contribution < 1.29 is 9.90 Å². The molecule has 0 amide bonds. The number of aromatic nitrogens is 2. The second-order valence-electron chi connectivity index (χ2n) is 4.80.